The molecule has 2 unspecified atom stereocenters. The van der Waals surface area contributed by atoms with Crippen molar-refractivity contribution >= 4 is 22.9 Å². The second kappa shape index (κ2) is 12.8. The van der Waals surface area contributed by atoms with Gasteiger partial charge in [-0.2, -0.15) is 0 Å². The van der Waals surface area contributed by atoms with E-state index in [2.05, 4.69) is 133 Å². The molecule has 56 heavy (non-hydrogen) atoms. The molecule has 0 saturated heterocycles. The highest BCUT2D eigenvalue weighted by molar-refractivity contribution is 6.04. The van der Waals surface area contributed by atoms with Gasteiger partial charge in [0, 0.05) is 22.7 Å². The van der Waals surface area contributed by atoms with E-state index in [9.17, 15) is 0 Å². The lowest BCUT2D eigenvalue weighted by Gasteiger charge is -2.35. The van der Waals surface area contributed by atoms with Crippen molar-refractivity contribution in [3.63, 3.8) is 0 Å². The van der Waals surface area contributed by atoms with Crippen molar-refractivity contribution in [1.29, 1.82) is 0 Å². The number of hydrogen-bond donors (Lipinski definition) is 0. The third-order valence-corrected chi connectivity index (χ3v) is 15.6. The Hall–Kier alpha value is -4.94. The first-order chi connectivity index (χ1) is 27.7. The molecule has 0 aromatic heterocycles. The average Bonchev–Trinajstić information content (AvgIpc) is 3.66. The van der Waals surface area contributed by atoms with Crippen LogP contribution in [0.5, 0.6) is 0 Å². The lowest BCUT2D eigenvalue weighted by molar-refractivity contribution is 0.373. The standard InChI is InChI=1S/C56H52/c1-3-11-31-55(32-12-4-1)49-17-9-7-15-43(49)45-27-23-39(35-51(45)55)41-25-21-37-19-20-38-22-26-42(48-30-29-47(41)53(37)54(38)48)40-24-28-46-44-16-8-10-18-50(44)56(52(46)36-40)33-13-5-2-6-14-34-56/h7-10,15-30,35-36,41-42H,1-6,11-14,31-34H2. The number of fused-ring (bicyclic) bond motifs is 10. The van der Waals surface area contributed by atoms with E-state index in [1.165, 1.54) is 156 Å². The van der Waals surface area contributed by atoms with Gasteiger partial charge in [0.1, 0.15) is 0 Å². The van der Waals surface area contributed by atoms with Gasteiger partial charge in [0.05, 0.1) is 0 Å². The molecule has 6 aromatic rings. The van der Waals surface area contributed by atoms with E-state index >= 15 is 0 Å². The summed E-state index contributed by atoms with van der Waals surface area (Å²) in [5.74, 6) is 0.488. The molecule has 2 fully saturated rings. The lowest BCUT2D eigenvalue weighted by Crippen LogP contribution is -2.26. The summed E-state index contributed by atoms with van der Waals surface area (Å²) in [5, 5.41) is 2.94. The van der Waals surface area contributed by atoms with E-state index < -0.39 is 0 Å². The van der Waals surface area contributed by atoms with Crippen molar-refractivity contribution in [2.24, 2.45) is 0 Å². The molecule has 0 amide bonds. The van der Waals surface area contributed by atoms with Gasteiger partial charge in [-0.25, -0.2) is 0 Å². The zero-order valence-electron chi connectivity index (χ0n) is 32.8. The number of benzene rings is 6. The molecule has 0 N–H and O–H groups in total. The van der Waals surface area contributed by atoms with Crippen LogP contribution >= 0.6 is 0 Å². The van der Waals surface area contributed by atoms with Gasteiger partial charge >= 0.3 is 0 Å². The topological polar surface area (TPSA) is 0 Å². The van der Waals surface area contributed by atoms with Crippen LogP contribution in [0.1, 0.15) is 157 Å². The third-order valence-electron chi connectivity index (χ3n) is 15.6. The first kappa shape index (κ1) is 33.2. The Kier molecular flexibility index (Phi) is 7.59. The van der Waals surface area contributed by atoms with Crippen LogP contribution in [0.3, 0.4) is 0 Å². The lowest BCUT2D eigenvalue weighted by atomic mass is 9.68. The maximum Gasteiger partial charge on any atom is 0.0279 e. The zero-order chi connectivity index (χ0) is 36.8. The van der Waals surface area contributed by atoms with Gasteiger partial charge in [-0.15, -0.1) is 0 Å². The Bertz CT molecular complexity index is 2430. The fourth-order valence-corrected chi connectivity index (χ4v) is 13.0. The summed E-state index contributed by atoms with van der Waals surface area (Å²) >= 11 is 0. The first-order valence-corrected chi connectivity index (χ1v) is 22.2. The molecule has 0 heteroatoms. The normalized spacial score (nSPS) is 22.1. The minimum Gasteiger partial charge on any atom is -0.0720 e. The SMILES string of the molecule is C1=CC(c2ccc3c(c2)C2(CCCCCCC2)c2ccccc2-3)c2ccc3c4c(ccc1c24)C=CC3c1ccc2c(c1)C1(CCCCCCC1)c1ccccc1-2. The third kappa shape index (κ3) is 4.71. The quantitative estimate of drug-likeness (QED) is 0.167. The summed E-state index contributed by atoms with van der Waals surface area (Å²) in [7, 11) is 0. The van der Waals surface area contributed by atoms with Crippen LogP contribution in [0.25, 0.3) is 45.2 Å². The molecule has 0 heterocycles. The second-order valence-electron chi connectivity index (χ2n) is 18.3. The summed E-state index contributed by atoms with van der Waals surface area (Å²) in [6.07, 6.45) is 28.5. The van der Waals surface area contributed by atoms with Gasteiger partial charge in [0.25, 0.3) is 0 Å². The number of allylic oxidation sites excluding steroid dienone is 2. The molecule has 6 aromatic carbocycles. The van der Waals surface area contributed by atoms with Crippen molar-refractivity contribution < 1.29 is 0 Å². The number of rotatable bonds is 2. The van der Waals surface area contributed by atoms with Crippen molar-refractivity contribution in [2.45, 2.75) is 113 Å². The average molecular weight is 725 g/mol. The van der Waals surface area contributed by atoms with Gasteiger partial charge in [-0.05, 0) is 114 Å². The summed E-state index contributed by atoms with van der Waals surface area (Å²) in [6.45, 7) is 0. The van der Waals surface area contributed by atoms with Crippen LogP contribution < -0.4 is 0 Å². The Labute approximate surface area is 333 Å². The van der Waals surface area contributed by atoms with E-state index in [0.29, 0.717) is 0 Å². The van der Waals surface area contributed by atoms with E-state index in [1.807, 2.05) is 0 Å². The van der Waals surface area contributed by atoms with Crippen molar-refractivity contribution in [3.05, 3.63) is 177 Å². The second-order valence-corrected chi connectivity index (χ2v) is 18.3. The van der Waals surface area contributed by atoms with E-state index in [1.54, 1.807) is 22.3 Å². The molecule has 12 rings (SSSR count). The summed E-state index contributed by atoms with van der Waals surface area (Å²) in [6, 6.07) is 43.7. The maximum atomic E-state index is 2.66. The smallest absolute Gasteiger partial charge is 0.0279 e. The predicted octanol–water partition coefficient (Wildman–Crippen LogP) is 15.2. The highest BCUT2D eigenvalue weighted by atomic mass is 14.5. The van der Waals surface area contributed by atoms with Crippen LogP contribution in [0.2, 0.25) is 0 Å². The van der Waals surface area contributed by atoms with Crippen LogP contribution in [0.4, 0.5) is 0 Å². The van der Waals surface area contributed by atoms with Crippen molar-refractivity contribution in [1.82, 2.24) is 0 Å². The molecule has 2 spiro atoms. The fraction of sp³-hybridized carbons (Fsp3) is 0.321. The summed E-state index contributed by atoms with van der Waals surface area (Å²) in [4.78, 5) is 0. The van der Waals surface area contributed by atoms with Crippen molar-refractivity contribution in [3.8, 4) is 22.3 Å². The highest BCUT2D eigenvalue weighted by Crippen LogP contribution is 2.58. The monoisotopic (exact) mass is 724 g/mol. The van der Waals surface area contributed by atoms with Gasteiger partial charge in [-0.1, -0.05) is 198 Å². The predicted molar refractivity (Wildman–Crippen MR) is 236 cm³/mol. The molecular weight excluding hydrogens is 673 g/mol. The molecular formula is C56H52. The van der Waals surface area contributed by atoms with E-state index in [0.717, 1.165) is 0 Å². The first-order valence-electron chi connectivity index (χ1n) is 22.2. The number of hydrogen-bond acceptors (Lipinski definition) is 0. The highest BCUT2D eigenvalue weighted by Gasteiger charge is 2.44. The van der Waals surface area contributed by atoms with Gasteiger partial charge in [0.15, 0.2) is 0 Å². The van der Waals surface area contributed by atoms with Crippen LogP contribution in [0, 0.1) is 0 Å². The summed E-state index contributed by atoms with van der Waals surface area (Å²) in [5.41, 5.74) is 21.2. The largest absolute Gasteiger partial charge is 0.0720 e. The van der Waals surface area contributed by atoms with E-state index in [4.69, 9.17) is 0 Å². The fourth-order valence-electron chi connectivity index (χ4n) is 13.0. The molecule has 2 atom stereocenters. The summed E-state index contributed by atoms with van der Waals surface area (Å²) < 4.78 is 0. The Morgan fingerprint density at radius 2 is 0.750 bits per heavy atom. The molecule has 0 nitrogen and oxygen atoms in total. The van der Waals surface area contributed by atoms with Crippen LogP contribution in [-0.4, -0.2) is 0 Å². The van der Waals surface area contributed by atoms with Gasteiger partial charge < -0.3 is 0 Å². The van der Waals surface area contributed by atoms with Gasteiger partial charge in [0.2, 0.25) is 0 Å². The Morgan fingerprint density at radius 1 is 0.357 bits per heavy atom. The van der Waals surface area contributed by atoms with Gasteiger partial charge in [-0.3, -0.25) is 0 Å². The maximum absolute atomic E-state index is 2.66. The molecule has 0 aliphatic heterocycles. The Morgan fingerprint density at radius 3 is 1.20 bits per heavy atom. The molecule has 6 aliphatic rings. The molecule has 0 radical (unpaired) electrons. The van der Waals surface area contributed by atoms with E-state index in [-0.39, 0.29) is 22.7 Å². The van der Waals surface area contributed by atoms with Crippen LogP contribution in [0.15, 0.2) is 121 Å². The molecule has 6 aliphatic carbocycles. The zero-order valence-corrected chi connectivity index (χ0v) is 32.8. The Balaban J connectivity index is 0.966. The molecule has 0 bridgehead atoms. The minimum absolute atomic E-state index is 0.148. The molecule has 276 valence electrons. The van der Waals surface area contributed by atoms with Crippen molar-refractivity contribution in [2.75, 3.05) is 0 Å². The minimum atomic E-state index is 0.148. The molecule has 2 saturated carbocycles. The van der Waals surface area contributed by atoms with Crippen LogP contribution in [-0.2, 0) is 10.8 Å².